The molecule has 6 heteroatoms. The van der Waals surface area contributed by atoms with Crippen LogP contribution in [0.3, 0.4) is 0 Å². The minimum absolute atomic E-state index is 0.00463. The molecule has 0 aromatic carbocycles. The van der Waals surface area contributed by atoms with Gasteiger partial charge in [-0.3, -0.25) is 14.2 Å². The van der Waals surface area contributed by atoms with Gasteiger partial charge in [0.05, 0.1) is 11.7 Å². The van der Waals surface area contributed by atoms with Crippen LogP contribution in [-0.2, 0) is 24.2 Å². The molecule has 1 aliphatic rings. The maximum atomic E-state index is 13.0. The van der Waals surface area contributed by atoms with Crippen molar-refractivity contribution < 1.29 is 4.79 Å². The third kappa shape index (κ3) is 3.85. The fourth-order valence-electron chi connectivity index (χ4n) is 3.67. The van der Waals surface area contributed by atoms with Crippen LogP contribution in [-0.4, -0.2) is 22.0 Å². The first-order valence-corrected chi connectivity index (χ1v) is 10.4. The minimum atomic E-state index is -0.0146. The molecule has 5 nitrogen and oxygen atoms in total. The zero-order valence-electron chi connectivity index (χ0n) is 16.2. The standard InChI is InChI=1S/C20H29N3O2S/c1-5-9-21-16(24)8-10-23-12-22-18-17(19(23)25)14-7-6-13(20(2,3)4)11-15(14)26-18/h12-13H,5-11H2,1-4H3,(H,21,24). The van der Waals surface area contributed by atoms with E-state index in [-0.39, 0.29) is 16.9 Å². The van der Waals surface area contributed by atoms with E-state index in [1.165, 1.54) is 10.4 Å². The van der Waals surface area contributed by atoms with E-state index in [0.717, 1.165) is 35.9 Å². The summed E-state index contributed by atoms with van der Waals surface area (Å²) in [5, 5.41) is 3.64. The van der Waals surface area contributed by atoms with Gasteiger partial charge in [-0.25, -0.2) is 4.98 Å². The molecule has 0 radical (unpaired) electrons. The van der Waals surface area contributed by atoms with Gasteiger partial charge >= 0.3 is 0 Å². The Kier molecular flexibility index (Phi) is 5.51. The lowest BCUT2D eigenvalue weighted by molar-refractivity contribution is -0.121. The number of rotatable bonds is 5. The summed E-state index contributed by atoms with van der Waals surface area (Å²) in [5.74, 6) is 0.631. The summed E-state index contributed by atoms with van der Waals surface area (Å²) in [6.45, 7) is 9.97. The molecule has 2 aromatic rings. The molecule has 0 saturated heterocycles. The number of nitrogens with zero attached hydrogens (tertiary/aromatic N) is 2. The minimum Gasteiger partial charge on any atom is -0.356 e. The van der Waals surface area contributed by atoms with Crippen LogP contribution in [0.1, 0.15) is 57.4 Å². The second kappa shape index (κ2) is 7.51. The first-order valence-electron chi connectivity index (χ1n) is 9.57. The number of thiophene rings is 1. The Morgan fingerprint density at radius 3 is 2.88 bits per heavy atom. The zero-order valence-corrected chi connectivity index (χ0v) is 17.0. The second-order valence-corrected chi connectivity index (χ2v) is 9.42. The smallest absolute Gasteiger partial charge is 0.262 e. The van der Waals surface area contributed by atoms with Gasteiger partial charge in [-0.05, 0) is 42.6 Å². The molecule has 1 amide bonds. The highest BCUT2D eigenvalue weighted by Crippen LogP contribution is 2.41. The van der Waals surface area contributed by atoms with E-state index in [4.69, 9.17) is 0 Å². The fraction of sp³-hybridized carbons (Fsp3) is 0.650. The highest BCUT2D eigenvalue weighted by Gasteiger charge is 2.31. The van der Waals surface area contributed by atoms with Crippen molar-refractivity contribution in [3.05, 3.63) is 27.1 Å². The van der Waals surface area contributed by atoms with E-state index >= 15 is 0 Å². The lowest BCUT2D eigenvalue weighted by Crippen LogP contribution is -2.28. The van der Waals surface area contributed by atoms with Crippen LogP contribution in [0.15, 0.2) is 11.1 Å². The molecule has 142 valence electrons. The average molecular weight is 376 g/mol. The van der Waals surface area contributed by atoms with Crippen molar-refractivity contribution in [2.45, 2.75) is 66.3 Å². The third-order valence-corrected chi connectivity index (χ3v) is 6.57. The van der Waals surface area contributed by atoms with Crippen molar-refractivity contribution in [3.8, 4) is 0 Å². The van der Waals surface area contributed by atoms with Gasteiger partial charge in [0.2, 0.25) is 5.91 Å². The molecule has 0 saturated carbocycles. The van der Waals surface area contributed by atoms with E-state index in [1.54, 1.807) is 22.2 Å². The van der Waals surface area contributed by atoms with Gasteiger partial charge in [0.15, 0.2) is 0 Å². The summed E-state index contributed by atoms with van der Waals surface area (Å²) in [5.41, 5.74) is 1.49. The van der Waals surface area contributed by atoms with Gasteiger partial charge in [-0.2, -0.15) is 0 Å². The zero-order chi connectivity index (χ0) is 18.9. The van der Waals surface area contributed by atoms with Crippen LogP contribution < -0.4 is 10.9 Å². The largest absolute Gasteiger partial charge is 0.356 e. The molecule has 1 N–H and O–H groups in total. The Morgan fingerprint density at radius 1 is 1.42 bits per heavy atom. The Morgan fingerprint density at radius 2 is 2.19 bits per heavy atom. The Balaban J connectivity index is 1.84. The van der Waals surface area contributed by atoms with Gasteiger partial charge in [0.25, 0.3) is 5.56 Å². The normalized spacial score (nSPS) is 17.3. The van der Waals surface area contributed by atoms with E-state index in [0.29, 0.717) is 25.4 Å². The lowest BCUT2D eigenvalue weighted by atomic mass is 9.72. The summed E-state index contributed by atoms with van der Waals surface area (Å²) in [6, 6.07) is 0. The Labute approximate surface area is 158 Å². The van der Waals surface area contributed by atoms with Crippen LogP contribution in [0.4, 0.5) is 0 Å². The van der Waals surface area contributed by atoms with E-state index < -0.39 is 0 Å². The van der Waals surface area contributed by atoms with Gasteiger partial charge in [0.1, 0.15) is 4.83 Å². The molecule has 1 unspecified atom stereocenters. The van der Waals surface area contributed by atoms with Crippen molar-refractivity contribution in [1.82, 2.24) is 14.9 Å². The van der Waals surface area contributed by atoms with Crippen LogP contribution >= 0.6 is 11.3 Å². The number of hydrogen-bond donors (Lipinski definition) is 1. The van der Waals surface area contributed by atoms with Crippen LogP contribution in [0.5, 0.6) is 0 Å². The van der Waals surface area contributed by atoms with Gasteiger partial charge in [-0.15, -0.1) is 11.3 Å². The SMILES string of the molecule is CCCNC(=O)CCn1cnc2sc3c(c2c1=O)CCC(C(C)(C)C)C3. The molecule has 3 rings (SSSR count). The van der Waals surface area contributed by atoms with Crippen molar-refractivity contribution in [2.24, 2.45) is 11.3 Å². The van der Waals surface area contributed by atoms with Crippen molar-refractivity contribution in [2.75, 3.05) is 6.54 Å². The van der Waals surface area contributed by atoms with Crippen molar-refractivity contribution >= 4 is 27.5 Å². The lowest BCUT2D eigenvalue weighted by Gasteiger charge is -2.33. The highest BCUT2D eigenvalue weighted by molar-refractivity contribution is 7.18. The first-order chi connectivity index (χ1) is 12.3. The molecule has 0 fully saturated rings. The Bertz CT molecular complexity index is 860. The number of nitrogens with one attached hydrogen (secondary N) is 1. The first kappa shape index (κ1) is 19.1. The molecular formula is C20H29N3O2S. The number of hydrogen-bond acceptors (Lipinski definition) is 4. The summed E-state index contributed by atoms with van der Waals surface area (Å²) in [6.07, 6.45) is 5.94. The summed E-state index contributed by atoms with van der Waals surface area (Å²) >= 11 is 1.67. The number of carbonyl (C=O) groups excluding carboxylic acids is 1. The van der Waals surface area contributed by atoms with E-state index in [9.17, 15) is 9.59 Å². The Hall–Kier alpha value is -1.69. The third-order valence-electron chi connectivity index (χ3n) is 5.41. The number of aromatic nitrogens is 2. The predicted molar refractivity (Wildman–Crippen MR) is 107 cm³/mol. The molecule has 0 bridgehead atoms. The molecule has 0 aliphatic heterocycles. The summed E-state index contributed by atoms with van der Waals surface area (Å²) in [4.78, 5) is 31.5. The maximum absolute atomic E-state index is 13.0. The topological polar surface area (TPSA) is 64.0 Å². The van der Waals surface area contributed by atoms with Crippen molar-refractivity contribution in [3.63, 3.8) is 0 Å². The number of fused-ring (bicyclic) bond motifs is 3. The number of amides is 1. The molecule has 26 heavy (non-hydrogen) atoms. The fourth-order valence-corrected chi connectivity index (χ4v) is 4.93. The van der Waals surface area contributed by atoms with Gasteiger partial charge < -0.3 is 5.32 Å². The molecule has 2 heterocycles. The predicted octanol–water partition coefficient (Wildman–Crippen LogP) is 3.53. The maximum Gasteiger partial charge on any atom is 0.262 e. The monoisotopic (exact) mass is 375 g/mol. The van der Waals surface area contributed by atoms with Crippen LogP contribution in [0, 0.1) is 11.3 Å². The molecule has 0 spiro atoms. The average Bonchev–Trinajstić information content (AvgIpc) is 2.97. The molecular weight excluding hydrogens is 346 g/mol. The summed E-state index contributed by atoms with van der Waals surface area (Å²) in [7, 11) is 0. The quantitative estimate of drug-likeness (QED) is 0.869. The molecule has 2 aromatic heterocycles. The number of carbonyl (C=O) groups is 1. The molecule has 1 aliphatic carbocycles. The van der Waals surface area contributed by atoms with Crippen LogP contribution in [0.2, 0.25) is 0 Å². The van der Waals surface area contributed by atoms with Gasteiger partial charge in [-0.1, -0.05) is 27.7 Å². The second-order valence-electron chi connectivity index (χ2n) is 8.33. The van der Waals surface area contributed by atoms with Crippen molar-refractivity contribution in [1.29, 1.82) is 0 Å². The highest BCUT2D eigenvalue weighted by atomic mass is 32.1. The van der Waals surface area contributed by atoms with Crippen LogP contribution in [0.25, 0.3) is 10.2 Å². The van der Waals surface area contributed by atoms with E-state index in [1.807, 2.05) is 6.92 Å². The van der Waals surface area contributed by atoms with Gasteiger partial charge in [0, 0.05) is 24.4 Å². The van der Waals surface area contributed by atoms with E-state index in [2.05, 4.69) is 31.1 Å². The summed E-state index contributed by atoms with van der Waals surface area (Å²) < 4.78 is 1.59. The number of aryl methyl sites for hydroxylation is 2. The molecule has 1 atom stereocenters.